The fourth-order valence-corrected chi connectivity index (χ4v) is 4.01. The second kappa shape index (κ2) is 10.4. The zero-order valence-corrected chi connectivity index (χ0v) is 19.7. The summed E-state index contributed by atoms with van der Waals surface area (Å²) in [6, 6.07) is 6.02. The molecule has 1 aliphatic rings. The number of carbonyl (C=O) groups excluding carboxylic acids is 1. The van der Waals surface area contributed by atoms with Crippen LogP contribution in [0.25, 0.3) is 0 Å². The van der Waals surface area contributed by atoms with E-state index in [1.807, 2.05) is 45.1 Å². The van der Waals surface area contributed by atoms with Gasteiger partial charge in [0.15, 0.2) is 0 Å². The molecule has 0 aliphatic heterocycles. The van der Waals surface area contributed by atoms with E-state index < -0.39 is 0 Å². The first-order valence-electron chi connectivity index (χ1n) is 10.9. The van der Waals surface area contributed by atoms with E-state index >= 15 is 0 Å². The Balaban J connectivity index is 1.98. The topological polar surface area (TPSA) is 29.1 Å². The van der Waals surface area contributed by atoms with Gasteiger partial charge in [0.1, 0.15) is 0 Å². The molecule has 160 valence electrons. The third-order valence-electron chi connectivity index (χ3n) is 5.77. The van der Waals surface area contributed by atoms with Gasteiger partial charge in [0.25, 0.3) is 0 Å². The van der Waals surface area contributed by atoms with E-state index in [4.69, 9.17) is 0 Å². The van der Waals surface area contributed by atoms with Gasteiger partial charge in [0, 0.05) is 11.8 Å². The van der Waals surface area contributed by atoms with Crippen LogP contribution in [0.4, 0.5) is 5.69 Å². The highest BCUT2D eigenvalue weighted by Gasteiger charge is 2.26. The molecule has 1 aliphatic carbocycles. The first-order chi connectivity index (χ1) is 14.1. The monoisotopic (exact) mass is 403 g/mol. The zero-order valence-electron chi connectivity index (χ0n) is 19.7. The summed E-state index contributed by atoms with van der Waals surface area (Å²) in [5, 5.41) is 2.96. The lowest BCUT2D eigenvalue weighted by atomic mass is 9.72. The number of hydrogen-bond donors (Lipinski definition) is 1. The summed E-state index contributed by atoms with van der Waals surface area (Å²) in [6.45, 7) is 15.0. The summed E-state index contributed by atoms with van der Waals surface area (Å²) in [5.41, 5.74) is 8.48. The average molecular weight is 404 g/mol. The lowest BCUT2D eigenvalue weighted by molar-refractivity contribution is -0.111. The summed E-state index contributed by atoms with van der Waals surface area (Å²) in [7, 11) is 0. The Morgan fingerprint density at radius 3 is 2.47 bits per heavy atom. The fourth-order valence-electron chi connectivity index (χ4n) is 4.01. The van der Waals surface area contributed by atoms with Crippen LogP contribution in [0.3, 0.4) is 0 Å². The van der Waals surface area contributed by atoms with Crippen molar-refractivity contribution in [2.24, 2.45) is 5.41 Å². The number of amides is 1. The molecule has 0 spiro atoms. The minimum Gasteiger partial charge on any atom is -0.322 e. The maximum atomic E-state index is 12.3. The van der Waals surface area contributed by atoms with Crippen molar-refractivity contribution < 1.29 is 4.79 Å². The van der Waals surface area contributed by atoms with E-state index in [-0.39, 0.29) is 11.3 Å². The zero-order chi connectivity index (χ0) is 22.3. The van der Waals surface area contributed by atoms with Gasteiger partial charge in [-0.1, -0.05) is 73.1 Å². The summed E-state index contributed by atoms with van der Waals surface area (Å²) < 4.78 is 0. The van der Waals surface area contributed by atoms with Crippen molar-refractivity contribution >= 4 is 11.6 Å². The largest absolute Gasteiger partial charge is 0.322 e. The fraction of sp³-hybridized carbons (Fsp3) is 0.393. The highest BCUT2D eigenvalue weighted by molar-refractivity contribution is 6.00. The molecule has 0 atom stereocenters. The van der Waals surface area contributed by atoms with E-state index in [1.54, 1.807) is 6.08 Å². The van der Waals surface area contributed by atoms with E-state index in [9.17, 15) is 4.79 Å². The summed E-state index contributed by atoms with van der Waals surface area (Å²) in [5.74, 6) is -0.105. The molecule has 0 unspecified atom stereocenters. The smallest absolute Gasteiger partial charge is 0.248 e. The van der Waals surface area contributed by atoms with E-state index in [0.29, 0.717) is 0 Å². The van der Waals surface area contributed by atoms with Crippen molar-refractivity contribution in [3.63, 3.8) is 0 Å². The Labute approximate surface area is 183 Å². The van der Waals surface area contributed by atoms with Crippen molar-refractivity contribution in [2.45, 2.75) is 67.7 Å². The van der Waals surface area contributed by atoms with Crippen LogP contribution in [0.2, 0.25) is 0 Å². The lowest BCUT2D eigenvalue weighted by Crippen LogP contribution is -2.19. The molecule has 0 radical (unpaired) electrons. The van der Waals surface area contributed by atoms with Gasteiger partial charge in [0.05, 0.1) is 0 Å². The molecule has 0 saturated heterocycles. The van der Waals surface area contributed by atoms with Gasteiger partial charge in [0.2, 0.25) is 5.91 Å². The molecule has 0 saturated carbocycles. The molecule has 0 bridgehead atoms. The van der Waals surface area contributed by atoms with E-state index in [1.165, 1.54) is 41.5 Å². The molecule has 1 amide bonds. The number of allylic oxidation sites excluding steroid dienone is 9. The summed E-state index contributed by atoms with van der Waals surface area (Å²) in [4.78, 5) is 12.3. The Bertz CT molecular complexity index is 935. The number of aryl methyl sites for hydroxylation is 2. The van der Waals surface area contributed by atoms with Crippen LogP contribution >= 0.6 is 0 Å². The molecule has 0 heterocycles. The third-order valence-corrected chi connectivity index (χ3v) is 5.77. The van der Waals surface area contributed by atoms with Crippen molar-refractivity contribution in [1.82, 2.24) is 0 Å². The van der Waals surface area contributed by atoms with Crippen LogP contribution in [-0.4, -0.2) is 5.91 Å². The highest BCUT2D eigenvalue weighted by atomic mass is 16.1. The predicted octanol–water partition coefficient (Wildman–Crippen LogP) is 7.77. The second-order valence-electron chi connectivity index (χ2n) is 9.23. The van der Waals surface area contributed by atoms with Crippen LogP contribution in [0.1, 0.15) is 65.0 Å². The molecule has 30 heavy (non-hydrogen) atoms. The maximum Gasteiger partial charge on any atom is 0.248 e. The van der Waals surface area contributed by atoms with Crippen LogP contribution in [0.15, 0.2) is 76.9 Å². The van der Waals surface area contributed by atoms with Crippen LogP contribution in [-0.2, 0) is 4.79 Å². The van der Waals surface area contributed by atoms with Gasteiger partial charge in [-0.15, -0.1) is 0 Å². The molecule has 0 fully saturated rings. The first kappa shape index (κ1) is 23.7. The van der Waals surface area contributed by atoms with E-state index in [2.05, 4.69) is 57.3 Å². The summed E-state index contributed by atoms with van der Waals surface area (Å²) >= 11 is 0. The molecule has 0 aromatic heterocycles. The van der Waals surface area contributed by atoms with Crippen molar-refractivity contribution in [3.8, 4) is 0 Å². The second-order valence-corrected chi connectivity index (χ2v) is 9.23. The number of carbonyl (C=O) groups is 1. The van der Waals surface area contributed by atoms with Crippen molar-refractivity contribution in [3.05, 3.63) is 88.1 Å². The van der Waals surface area contributed by atoms with Crippen LogP contribution in [0, 0.1) is 19.3 Å². The molecule has 1 N–H and O–H groups in total. The molecular formula is C28H37NO. The number of rotatable bonds is 6. The SMILES string of the molecule is CC1=C(/C=C/C(C)=C/C=C/C(C)=C/C(=O)Nc2ccc(C)cc2C)C(C)(C)CCC1. The Kier molecular flexibility index (Phi) is 8.23. The van der Waals surface area contributed by atoms with Gasteiger partial charge < -0.3 is 5.32 Å². The normalized spacial score (nSPS) is 17.8. The van der Waals surface area contributed by atoms with Gasteiger partial charge >= 0.3 is 0 Å². The molecular weight excluding hydrogens is 366 g/mol. The Morgan fingerprint density at radius 2 is 1.80 bits per heavy atom. The predicted molar refractivity (Wildman–Crippen MR) is 131 cm³/mol. The van der Waals surface area contributed by atoms with Crippen molar-refractivity contribution in [1.29, 1.82) is 0 Å². The van der Waals surface area contributed by atoms with Gasteiger partial charge in [-0.25, -0.2) is 0 Å². The van der Waals surface area contributed by atoms with Gasteiger partial charge in [-0.3, -0.25) is 4.79 Å². The van der Waals surface area contributed by atoms with Crippen LogP contribution in [0.5, 0.6) is 0 Å². The number of benzene rings is 1. The maximum absolute atomic E-state index is 12.3. The first-order valence-corrected chi connectivity index (χ1v) is 10.9. The standard InChI is InChI=1S/C28H37NO/c1-20(13-15-25-23(4)12-9-17-28(25,6)7)10-8-11-21(2)19-27(30)29-26-16-14-22(3)18-24(26)5/h8,10-11,13-16,18-19H,9,12,17H2,1-7H3,(H,29,30)/b11-8+,15-13+,20-10+,21-19+. The number of anilines is 1. The van der Waals surface area contributed by atoms with Crippen LogP contribution < -0.4 is 5.32 Å². The molecule has 1 aromatic carbocycles. The minimum absolute atomic E-state index is 0.105. The Morgan fingerprint density at radius 1 is 1.07 bits per heavy atom. The van der Waals surface area contributed by atoms with Crippen molar-refractivity contribution in [2.75, 3.05) is 5.32 Å². The van der Waals surface area contributed by atoms with E-state index in [0.717, 1.165) is 16.8 Å². The van der Waals surface area contributed by atoms with Gasteiger partial charge in [-0.05, 0) is 82.1 Å². The molecule has 2 nitrogen and oxygen atoms in total. The minimum atomic E-state index is -0.105. The molecule has 2 rings (SSSR count). The molecule has 2 heteroatoms. The summed E-state index contributed by atoms with van der Waals surface area (Å²) in [6.07, 6.45) is 15.9. The lowest BCUT2D eigenvalue weighted by Gasteiger charge is -2.32. The third kappa shape index (κ3) is 7.02. The highest BCUT2D eigenvalue weighted by Crippen LogP contribution is 2.40. The Hall–Kier alpha value is -2.61. The van der Waals surface area contributed by atoms with Gasteiger partial charge in [-0.2, -0.15) is 0 Å². The molecule has 1 aromatic rings. The average Bonchev–Trinajstić information content (AvgIpc) is 2.63. The quantitative estimate of drug-likeness (QED) is 0.381. The number of nitrogens with one attached hydrogen (secondary N) is 1. The number of hydrogen-bond acceptors (Lipinski definition) is 1.